The molecule has 5 nitrogen and oxygen atoms in total. The number of piperidine rings is 1. The van der Waals surface area contributed by atoms with Gasteiger partial charge >= 0.3 is 0 Å². The number of amides is 1. The molecule has 0 bridgehead atoms. The van der Waals surface area contributed by atoms with Gasteiger partial charge in [-0.05, 0) is 36.5 Å². The van der Waals surface area contributed by atoms with E-state index in [-0.39, 0.29) is 5.91 Å². The molecule has 0 saturated carbocycles. The number of benzene rings is 1. The largest absolute Gasteiger partial charge is 0.379 e. The van der Waals surface area contributed by atoms with Crippen molar-refractivity contribution < 1.29 is 9.53 Å². The highest BCUT2D eigenvalue weighted by atomic mass is 16.5. The predicted molar refractivity (Wildman–Crippen MR) is 90.2 cm³/mol. The standard InChI is InChI=1S/C18H27N3O2/c19-13-15-1-3-17(4-2-15)18(22)21-7-5-16(6-8-21)14-20-9-11-23-12-10-20/h1-4,16H,5-14,19H2. The highest BCUT2D eigenvalue weighted by Gasteiger charge is 2.25. The van der Waals surface area contributed by atoms with Crippen molar-refractivity contribution >= 4 is 5.91 Å². The minimum atomic E-state index is 0.151. The van der Waals surface area contributed by atoms with E-state index in [0.29, 0.717) is 12.5 Å². The van der Waals surface area contributed by atoms with Gasteiger partial charge in [0, 0.05) is 44.8 Å². The maximum absolute atomic E-state index is 12.6. The van der Waals surface area contributed by atoms with Gasteiger partial charge in [-0.2, -0.15) is 0 Å². The topological polar surface area (TPSA) is 58.8 Å². The summed E-state index contributed by atoms with van der Waals surface area (Å²) in [6.45, 7) is 7.21. The maximum atomic E-state index is 12.6. The molecule has 2 aliphatic heterocycles. The van der Waals surface area contributed by atoms with Gasteiger partial charge in [-0.25, -0.2) is 0 Å². The lowest BCUT2D eigenvalue weighted by Crippen LogP contribution is -2.44. The van der Waals surface area contributed by atoms with E-state index < -0.39 is 0 Å². The zero-order chi connectivity index (χ0) is 16.1. The smallest absolute Gasteiger partial charge is 0.253 e. The molecule has 0 unspecified atom stereocenters. The van der Waals surface area contributed by atoms with Crippen LogP contribution in [0.1, 0.15) is 28.8 Å². The molecule has 126 valence electrons. The van der Waals surface area contributed by atoms with Crippen LogP contribution in [0.25, 0.3) is 0 Å². The van der Waals surface area contributed by atoms with E-state index in [4.69, 9.17) is 10.5 Å². The zero-order valence-electron chi connectivity index (χ0n) is 13.7. The monoisotopic (exact) mass is 317 g/mol. The van der Waals surface area contributed by atoms with Crippen LogP contribution in [-0.4, -0.2) is 61.6 Å². The number of hydrogen-bond donors (Lipinski definition) is 1. The van der Waals surface area contributed by atoms with E-state index in [1.54, 1.807) is 0 Å². The quantitative estimate of drug-likeness (QED) is 0.910. The lowest BCUT2D eigenvalue weighted by molar-refractivity contribution is 0.0243. The number of likely N-dealkylation sites (tertiary alicyclic amines) is 1. The molecule has 3 rings (SSSR count). The molecule has 2 fully saturated rings. The first-order valence-electron chi connectivity index (χ1n) is 8.64. The van der Waals surface area contributed by atoms with Gasteiger partial charge in [-0.3, -0.25) is 9.69 Å². The first-order chi connectivity index (χ1) is 11.3. The minimum Gasteiger partial charge on any atom is -0.379 e. The van der Waals surface area contributed by atoms with E-state index in [0.717, 1.165) is 69.9 Å². The Morgan fingerprint density at radius 2 is 1.74 bits per heavy atom. The molecule has 0 radical (unpaired) electrons. The molecule has 0 spiro atoms. The maximum Gasteiger partial charge on any atom is 0.253 e. The fraction of sp³-hybridized carbons (Fsp3) is 0.611. The van der Waals surface area contributed by atoms with Crippen molar-refractivity contribution in [2.75, 3.05) is 45.9 Å². The summed E-state index contributed by atoms with van der Waals surface area (Å²) in [6.07, 6.45) is 2.20. The average molecular weight is 317 g/mol. The molecule has 2 N–H and O–H groups in total. The van der Waals surface area contributed by atoms with Crippen molar-refractivity contribution in [2.24, 2.45) is 11.7 Å². The van der Waals surface area contributed by atoms with Gasteiger partial charge in [0.25, 0.3) is 5.91 Å². The molecule has 0 aliphatic carbocycles. The van der Waals surface area contributed by atoms with Crippen molar-refractivity contribution in [3.05, 3.63) is 35.4 Å². The molecule has 2 saturated heterocycles. The summed E-state index contributed by atoms with van der Waals surface area (Å²) in [4.78, 5) is 17.1. The van der Waals surface area contributed by atoms with Crippen molar-refractivity contribution in [2.45, 2.75) is 19.4 Å². The summed E-state index contributed by atoms with van der Waals surface area (Å²) >= 11 is 0. The molecule has 1 amide bonds. The van der Waals surface area contributed by atoms with Crippen LogP contribution in [0.2, 0.25) is 0 Å². The molecule has 2 aliphatic rings. The Hall–Kier alpha value is -1.43. The van der Waals surface area contributed by atoms with Crippen molar-refractivity contribution in [1.82, 2.24) is 9.80 Å². The summed E-state index contributed by atoms with van der Waals surface area (Å²) in [7, 11) is 0. The number of nitrogens with zero attached hydrogens (tertiary/aromatic N) is 2. The fourth-order valence-electron chi connectivity index (χ4n) is 3.43. The number of morpholine rings is 1. The van der Waals surface area contributed by atoms with Crippen LogP contribution in [0.3, 0.4) is 0 Å². The normalized spacial score (nSPS) is 20.7. The molecular weight excluding hydrogens is 290 g/mol. The minimum absolute atomic E-state index is 0.151. The van der Waals surface area contributed by atoms with Crippen LogP contribution in [0, 0.1) is 5.92 Å². The lowest BCUT2D eigenvalue weighted by Gasteiger charge is -2.36. The predicted octanol–water partition coefficient (Wildman–Crippen LogP) is 1.33. The second-order valence-electron chi connectivity index (χ2n) is 6.55. The first-order valence-corrected chi connectivity index (χ1v) is 8.64. The van der Waals surface area contributed by atoms with E-state index >= 15 is 0 Å². The van der Waals surface area contributed by atoms with E-state index in [1.165, 1.54) is 0 Å². The van der Waals surface area contributed by atoms with Crippen molar-refractivity contribution in [3.8, 4) is 0 Å². The molecular formula is C18H27N3O2. The highest BCUT2D eigenvalue weighted by molar-refractivity contribution is 5.94. The molecule has 1 aromatic carbocycles. The van der Waals surface area contributed by atoms with E-state index in [1.807, 2.05) is 29.2 Å². The summed E-state index contributed by atoms with van der Waals surface area (Å²) in [5.41, 5.74) is 7.44. The summed E-state index contributed by atoms with van der Waals surface area (Å²) in [5.74, 6) is 0.857. The Kier molecular flexibility index (Phi) is 5.65. The second-order valence-corrected chi connectivity index (χ2v) is 6.55. The van der Waals surface area contributed by atoms with Gasteiger partial charge in [0.2, 0.25) is 0 Å². The Morgan fingerprint density at radius 1 is 1.09 bits per heavy atom. The first kappa shape index (κ1) is 16.4. The second kappa shape index (κ2) is 7.90. The van der Waals surface area contributed by atoms with E-state index in [2.05, 4.69) is 4.90 Å². The lowest BCUT2D eigenvalue weighted by atomic mass is 9.95. The Balaban J connectivity index is 1.48. The number of nitrogens with two attached hydrogens (primary N) is 1. The van der Waals surface area contributed by atoms with Gasteiger partial charge in [0.05, 0.1) is 13.2 Å². The van der Waals surface area contributed by atoms with Gasteiger partial charge in [0.15, 0.2) is 0 Å². The summed E-state index contributed by atoms with van der Waals surface area (Å²) in [5, 5.41) is 0. The molecule has 0 aromatic heterocycles. The third-order valence-electron chi connectivity index (χ3n) is 4.96. The van der Waals surface area contributed by atoms with Crippen LogP contribution in [0.4, 0.5) is 0 Å². The molecule has 0 atom stereocenters. The number of ether oxygens (including phenoxy) is 1. The van der Waals surface area contributed by atoms with Gasteiger partial charge in [0.1, 0.15) is 0 Å². The number of rotatable bonds is 4. The van der Waals surface area contributed by atoms with Gasteiger partial charge in [-0.1, -0.05) is 12.1 Å². The van der Waals surface area contributed by atoms with Crippen LogP contribution in [0.15, 0.2) is 24.3 Å². The van der Waals surface area contributed by atoms with Crippen LogP contribution >= 0.6 is 0 Å². The Bertz CT molecular complexity index is 504. The fourth-order valence-corrected chi connectivity index (χ4v) is 3.43. The van der Waals surface area contributed by atoms with Crippen LogP contribution in [-0.2, 0) is 11.3 Å². The number of hydrogen-bond acceptors (Lipinski definition) is 4. The number of carbonyl (C=O) groups is 1. The molecule has 5 heteroatoms. The number of carbonyl (C=O) groups excluding carboxylic acids is 1. The van der Waals surface area contributed by atoms with E-state index in [9.17, 15) is 4.79 Å². The Labute approximate surface area is 138 Å². The third-order valence-corrected chi connectivity index (χ3v) is 4.96. The third kappa shape index (κ3) is 4.31. The summed E-state index contributed by atoms with van der Waals surface area (Å²) in [6, 6.07) is 7.67. The van der Waals surface area contributed by atoms with Crippen molar-refractivity contribution in [3.63, 3.8) is 0 Å². The van der Waals surface area contributed by atoms with Gasteiger partial charge < -0.3 is 15.4 Å². The molecule has 23 heavy (non-hydrogen) atoms. The molecule has 2 heterocycles. The zero-order valence-corrected chi connectivity index (χ0v) is 13.7. The molecule has 1 aromatic rings. The SMILES string of the molecule is NCc1ccc(C(=O)N2CCC(CN3CCOCC3)CC2)cc1. The van der Waals surface area contributed by atoms with Crippen LogP contribution in [0.5, 0.6) is 0 Å². The summed E-state index contributed by atoms with van der Waals surface area (Å²) < 4.78 is 5.40. The van der Waals surface area contributed by atoms with Gasteiger partial charge in [-0.15, -0.1) is 0 Å². The highest BCUT2D eigenvalue weighted by Crippen LogP contribution is 2.20. The average Bonchev–Trinajstić information content (AvgIpc) is 2.63. The van der Waals surface area contributed by atoms with Crippen molar-refractivity contribution in [1.29, 1.82) is 0 Å². The van der Waals surface area contributed by atoms with Crippen LogP contribution < -0.4 is 5.73 Å². The Morgan fingerprint density at radius 3 is 2.35 bits per heavy atom.